The lowest BCUT2D eigenvalue weighted by atomic mass is 10.2. The average molecular weight is 245 g/mol. The van der Waals surface area contributed by atoms with Crippen molar-refractivity contribution in [2.45, 2.75) is 0 Å². The van der Waals surface area contributed by atoms with Gasteiger partial charge in [-0.15, -0.1) is 0 Å². The summed E-state index contributed by atoms with van der Waals surface area (Å²) < 4.78 is 13.3. The van der Waals surface area contributed by atoms with Crippen LogP contribution in [0.25, 0.3) is 0 Å². The number of amides is 1. The van der Waals surface area contributed by atoms with Crippen molar-refractivity contribution >= 4 is 17.3 Å². The Labute approximate surface area is 104 Å². The summed E-state index contributed by atoms with van der Waals surface area (Å²) in [5.41, 5.74) is 1.49. The van der Waals surface area contributed by atoms with Gasteiger partial charge in [-0.2, -0.15) is 0 Å². The van der Waals surface area contributed by atoms with Crippen molar-refractivity contribution < 1.29 is 9.18 Å². The molecule has 0 fully saturated rings. The number of pyridine rings is 1. The van der Waals surface area contributed by atoms with Gasteiger partial charge in [0, 0.05) is 24.5 Å². The van der Waals surface area contributed by atoms with Crippen molar-refractivity contribution in [3.63, 3.8) is 0 Å². The van der Waals surface area contributed by atoms with Crippen LogP contribution >= 0.6 is 0 Å². The molecule has 92 valence electrons. The lowest BCUT2D eigenvalue weighted by Crippen LogP contribution is -2.13. The minimum absolute atomic E-state index is 0.118. The van der Waals surface area contributed by atoms with Crippen molar-refractivity contribution in [3.8, 4) is 0 Å². The molecule has 1 heterocycles. The van der Waals surface area contributed by atoms with E-state index in [0.29, 0.717) is 5.56 Å². The fraction of sp³-hybridized carbons (Fsp3) is 0.0769. The van der Waals surface area contributed by atoms with Crippen molar-refractivity contribution in [2.75, 3.05) is 17.7 Å². The summed E-state index contributed by atoms with van der Waals surface area (Å²) in [5.74, 6) is -0.916. The Bertz CT molecular complexity index is 554. The number of halogens is 1. The molecule has 4 nitrogen and oxygen atoms in total. The van der Waals surface area contributed by atoms with E-state index in [2.05, 4.69) is 15.6 Å². The van der Waals surface area contributed by atoms with Gasteiger partial charge in [-0.1, -0.05) is 0 Å². The highest BCUT2D eigenvalue weighted by molar-refractivity contribution is 6.04. The van der Waals surface area contributed by atoms with Crippen LogP contribution < -0.4 is 10.6 Å². The summed E-state index contributed by atoms with van der Waals surface area (Å²) in [6, 6.07) is 8.30. The number of rotatable bonds is 3. The predicted octanol–water partition coefficient (Wildman–Crippen LogP) is 2.51. The van der Waals surface area contributed by atoms with E-state index in [4.69, 9.17) is 0 Å². The minimum Gasteiger partial charge on any atom is -0.388 e. The Morgan fingerprint density at radius 1 is 1.22 bits per heavy atom. The van der Waals surface area contributed by atoms with Crippen LogP contribution in [0.15, 0.2) is 42.7 Å². The Morgan fingerprint density at radius 3 is 2.56 bits per heavy atom. The molecule has 2 N–H and O–H groups in total. The highest BCUT2D eigenvalue weighted by Crippen LogP contribution is 2.14. The van der Waals surface area contributed by atoms with Gasteiger partial charge in [0.1, 0.15) is 0 Å². The van der Waals surface area contributed by atoms with Crippen LogP contribution in [0.4, 0.5) is 15.8 Å². The number of carbonyl (C=O) groups excluding carboxylic acids is 1. The van der Waals surface area contributed by atoms with Crippen LogP contribution in [0.1, 0.15) is 10.4 Å². The molecule has 1 aromatic heterocycles. The van der Waals surface area contributed by atoms with Crippen LogP contribution in [0.5, 0.6) is 0 Å². The second kappa shape index (κ2) is 5.27. The summed E-state index contributed by atoms with van der Waals surface area (Å²) >= 11 is 0. The highest BCUT2D eigenvalue weighted by Gasteiger charge is 2.08. The van der Waals surface area contributed by atoms with E-state index >= 15 is 0 Å². The molecule has 0 atom stereocenters. The Kier molecular flexibility index (Phi) is 3.52. The van der Waals surface area contributed by atoms with Gasteiger partial charge in [0.2, 0.25) is 0 Å². The summed E-state index contributed by atoms with van der Waals surface area (Å²) in [6.45, 7) is 0. The van der Waals surface area contributed by atoms with E-state index in [1.54, 1.807) is 31.3 Å². The SMILES string of the molecule is CNc1ccc(C(=O)Nc2ccncc2F)cc1. The number of nitrogens with one attached hydrogen (secondary N) is 2. The molecular weight excluding hydrogens is 233 g/mol. The summed E-state index contributed by atoms with van der Waals surface area (Å²) in [5, 5.41) is 5.44. The topological polar surface area (TPSA) is 54.0 Å². The molecule has 0 saturated carbocycles. The molecule has 0 aliphatic carbocycles. The third-order valence-corrected chi connectivity index (χ3v) is 2.46. The van der Waals surface area contributed by atoms with Gasteiger partial charge < -0.3 is 10.6 Å². The first-order valence-corrected chi connectivity index (χ1v) is 5.39. The molecule has 0 aliphatic heterocycles. The van der Waals surface area contributed by atoms with Crippen molar-refractivity contribution in [3.05, 3.63) is 54.1 Å². The molecule has 2 aromatic rings. The number of hydrogen-bond acceptors (Lipinski definition) is 3. The molecule has 18 heavy (non-hydrogen) atoms. The van der Waals surface area contributed by atoms with Gasteiger partial charge in [-0.05, 0) is 30.3 Å². The van der Waals surface area contributed by atoms with E-state index in [0.717, 1.165) is 11.9 Å². The standard InChI is InChI=1S/C13H12FN3O/c1-15-10-4-2-9(3-5-10)13(18)17-12-6-7-16-8-11(12)14/h2-8,15H,1H3,(H,16,17,18). The molecule has 0 radical (unpaired) electrons. The molecule has 0 aliphatic rings. The van der Waals surface area contributed by atoms with Gasteiger partial charge in [0.15, 0.2) is 5.82 Å². The largest absolute Gasteiger partial charge is 0.388 e. The zero-order valence-corrected chi connectivity index (χ0v) is 9.77. The van der Waals surface area contributed by atoms with Crippen LogP contribution in [0, 0.1) is 5.82 Å². The molecule has 0 unspecified atom stereocenters. The zero-order chi connectivity index (χ0) is 13.0. The molecule has 2 rings (SSSR count). The molecule has 5 heteroatoms. The fourth-order valence-corrected chi connectivity index (χ4v) is 1.46. The Balaban J connectivity index is 2.14. The minimum atomic E-state index is -0.558. The maximum absolute atomic E-state index is 13.3. The molecule has 0 saturated heterocycles. The Morgan fingerprint density at radius 2 is 1.94 bits per heavy atom. The van der Waals surface area contributed by atoms with Crippen LogP contribution in [0.3, 0.4) is 0 Å². The number of carbonyl (C=O) groups is 1. The van der Waals surface area contributed by atoms with E-state index in [1.807, 2.05) is 0 Å². The van der Waals surface area contributed by atoms with E-state index < -0.39 is 5.82 Å². The summed E-state index contributed by atoms with van der Waals surface area (Å²) in [4.78, 5) is 15.5. The normalized spacial score (nSPS) is 9.89. The van der Waals surface area contributed by atoms with Crippen molar-refractivity contribution in [1.82, 2.24) is 4.98 Å². The van der Waals surface area contributed by atoms with Crippen LogP contribution in [-0.2, 0) is 0 Å². The highest BCUT2D eigenvalue weighted by atomic mass is 19.1. The van der Waals surface area contributed by atoms with Gasteiger partial charge in [-0.25, -0.2) is 4.39 Å². The summed E-state index contributed by atoms with van der Waals surface area (Å²) in [6.07, 6.45) is 2.47. The number of aromatic nitrogens is 1. The lowest BCUT2D eigenvalue weighted by Gasteiger charge is -2.06. The maximum atomic E-state index is 13.3. The van der Waals surface area contributed by atoms with Gasteiger partial charge >= 0.3 is 0 Å². The second-order valence-corrected chi connectivity index (χ2v) is 3.64. The smallest absolute Gasteiger partial charge is 0.255 e. The first-order chi connectivity index (χ1) is 8.70. The van der Waals surface area contributed by atoms with Crippen LogP contribution in [-0.4, -0.2) is 17.9 Å². The second-order valence-electron chi connectivity index (χ2n) is 3.64. The average Bonchev–Trinajstić information content (AvgIpc) is 2.41. The Hall–Kier alpha value is -2.43. The van der Waals surface area contributed by atoms with Crippen LogP contribution in [0.2, 0.25) is 0 Å². The third kappa shape index (κ3) is 2.63. The number of nitrogens with zero attached hydrogens (tertiary/aromatic N) is 1. The lowest BCUT2D eigenvalue weighted by molar-refractivity contribution is 0.102. The third-order valence-electron chi connectivity index (χ3n) is 2.46. The quantitative estimate of drug-likeness (QED) is 0.873. The maximum Gasteiger partial charge on any atom is 0.255 e. The van der Waals surface area contributed by atoms with Gasteiger partial charge in [0.25, 0.3) is 5.91 Å². The molecule has 1 aromatic carbocycles. The monoisotopic (exact) mass is 245 g/mol. The number of anilines is 2. The van der Waals surface area contributed by atoms with Gasteiger partial charge in [0.05, 0.1) is 11.9 Å². The first kappa shape index (κ1) is 12.0. The summed E-state index contributed by atoms with van der Waals surface area (Å²) in [7, 11) is 1.79. The molecular formula is C13H12FN3O. The molecule has 0 bridgehead atoms. The molecule has 1 amide bonds. The zero-order valence-electron chi connectivity index (χ0n) is 9.77. The number of benzene rings is 1. The predicted molar refractivity (Wildman–Crippen MR) is 68.1 cm³/mol. The van der Waals surface area contributed by atoms with E-state index in [-0.39, 0.29) is 11.6 Å². The first-order valence-electron chi connectivity index (χ1n) is 5.39. The van der Waals surface area contributed by atoms with Crippen molar-refractivity contribution in [1.29, 1.82) is 0 Å². The number of hydrogen-bond donors (Lipinski definition) is 2. The molecule has 0 spiro atoms. The van der Waals surface area contributed by atoms with E-state index in [9.17, 15) is 9.18 Å². The van der Waals surface area contributed by atoms with E-state index in [1.165, 1.54) is 12.3 Å². The van der Waals surface area contributed by atoms with Crippen molar-refractivity contribution in [2.24, 2.45) is 0 Å². The van der Waals surface area contributed by atoms with Gasteiger partial charge in [-0.3, -0.25) is 9.78 Å². The fourth-order valence-electron chi connectivity index (χ4n) is 1.46.